The molecule has 4 rings (SSSR count). The molecular weight excluding hydrogens is 370 g/mol. The first-order valence-corrected chi connectivity index (χ1v) is 10.1. The Morgan fingerprint density at radius 3 is 2.61 bits per heavy atom. The zero-order valence-electron chi connectivity index (χ0n) is 15.6. The Labute approximate surface area is 168 Å². The van der Waals surface area contributed by atoms with Crippen molar-refractivity contribution in [3.8, 4) is 5.69 Å². The van der Waals surface area contributed by atoms with Gasteiger partial charge in [0.2, 0.25) is 11.8 Å². The van der Waals surface area contributed by atoms with Gasteiger partial charge in [0.15, 0.2) is 0 Å². The van der Waals surface area contributed by atoms with E-state index in [2.05, 4.69) is 9.88 Å². The summed E-state index contributed by atoms with van der Waals surface area (Å²) in [6, 6.07) is 19.6. The number of anilines is 1. The molecule has 1 aromatic heterocycles. The third-order valence-electron chi connectivity index (χ3n) is 4.83. The molecule has 0 fully saturated rings. The molecular formula is C22H21N3O2S. The van der Waals surface area contributed by atoms with E-state index in [0.29, 0.717) is 12.3 Å². The van der Waals surface area contributed by atoms with E-state index in [4.69, 9.17) is 0 Å². The van der Waals surface area contributed by atoms with Crippen molar-refractivity contribution in [3.63, 3.8) is 0 Å². The van der Waals surface area contributed by atoms with Crippen LogP contribution in [0.15, 0.2) is 71.9 Å². The minimum Gasteiger partial charge on any atom is -0.350 e. The van der Waals surface area contributed by atoms with Crippen molar-refractivity contribution in [3.05, 3.63) is 78.0 Å². The molecule has 5 nitrogen and oxygen atoms in total. The van der Waals surface area contributed by atoms with Gasteiger partial charge < -0.3 is 14.8 Å². The number of carbonyl (C=O) groups is 2. The van der Waals surface area contributed by atoms with Crippen LogP contribution in [-0.2, 0) is 16.1 Å². The fourth-order valence-corrected chi connectivity index (χ4v) is 4.20. The molecule has 2 heterocycles. The summed E-state index contributed by atoms with van der Waals surface area (Å²) in [6.45, 7) is 2.47. The van der Waals surface area contributed by atoms with Gasteiger partial charge in [-0.1, -0.05) is 48.2 Å². The molecule has 3 aromatic rings. The van der Waals surface area contributed by atoms with Crippen molar-refractivity contribution >= 4 is 29.3 Å². The number of hydrogen-bond acceptors (Lipinski definition) is 3. The van der Waals surface area contributed by atoms with Gasteiger partial charge in [-0.25, -0.2) is 0 Å². The molecule has 28 heavy (non-hydrogen) atoms. The van der Waals surface area contributed by atoms with Crippen molar-refractivity contribution in [2.24, 2.45) is 0 Å². The molecule has 2 amide bonds. The number of rotatable bonds is 4. The summed E-state index contributed by atoms with van der Waals surface area (Å²) in [4.78, 5) is 27.0. The minimum atomic E-state index is -0.176. The molecule has 6 heteroatoms. The van der Waals surface area contributed by atoms with Crippen molar-refractivity contribution < 1.29 is 9.59 Å². The van der Waals surface area contributed by atoms with E-state index in [-0.39, 0.29) is 18.4 Å². The van der Waals surface area contributed by atoms with E-state index >= 15 is 0 Å². The van der Waals surface area contributed by atoms with Crippen LogP contribution in [0.2, 0.25) is 0 Å². The molecule has 0 unspecified atom stereocenters. The first-order valence-electron chi connectivity index (χ1n) is 9.14. The number of benzene rings is 2. The quantitative estimate of drug-likeness (QED) is 0.740. The third-order valence-corrected chi connectivity index (χ3v) is 5.85. The second-order valence-electron chi connectivity index (χ2n) is 6.68. The number of hydrogen-bond donors (Lipinski definition) is 1. The van der Waals surface area contributed by atoms with Crippen LogP contribution in [0.1, 0.15) is 11.1 Å². The normalized spacial score (nSPS) is 13.3. The molecule has 0 aliphatic carbocycles. The second kappa shape index (κ2) is 7.94. The smallest absolute Gasteiger partial charge is 0.240 e. The number of carbonyl (C=O) groups excluding carboxylic acids is 2. The predicted molar refractivity (Wildman–Crippen MR) is 112 cm³/mol. The van der Waals surface area contributed by atoms with E-state index < -0.39 is 0 Å². The van der Waals surface area contributed by atoms with Crippen molar-refractivity contribution in [1.82, 2.24) is 9.88 Å². The number of fused-ring (bicyclic) bond motifs is 3. The Kier molecular flexibility index (Phi) is 5.21. The molecule has 0 saturated carbocycles. The van der Waals surface area contributed by atoms with E-state index in [1.54, 1.807) is 4.90 Å². The Hall–Kier alpha value is -2.99. The Bertz CT molecular complexity index is 1030. The maximum atomic E-state index is 12.8. The molecule has 1 aliphatic rings. The Balaban J connectivity index is 1.56. The van der Waals surface area contributed by atoms with E-state index in [0.717, 1.165) is 27.5 Å². The van der Waals surface area contributed by atoms with Crippen molar-refractivity contribution in [1.29, 1.82) is 0 Å². The average Bonchev–Trinajstić information content (AvgIpc) is 3.17. The van der Waals surface area contributed by atoms with Crippen LogP contribution in [0, 0.1) is 6.92 Å². The summed E-state index contributed by atoms with van der Waals surface area (Å²) in [6.07, 6.45) is 1.98. The topological polar surface area (TPSA) is 54.3 Å². The van der Waals surface area contributed by atoms with Gasteiger partial charge in [0.05, 0.1) is 22.2 Å². The molecule has 0 spiro atoms. The summed E-state index contributed by atoms with van der Waals surface area (Å²) in [5, 5.41) is 3.96. The lowest BCUT2D eigenvalue weighted by Crippen LogP contribution is -2.42. The average molecular weight is 391 g/mol. The fourth-order valence-electron chi connectivity index (χ4n) is 3.30. The second-order valence-corrected chi connectivity index (χ2v) is 7.67. The summed E-state index contributed by atoms with van der Waals surface area (Å²) < 4.78 is 2.06. The Morgan fingerprint density at radius 1 is 1.04 bits per heavy atom. The summed E-state index contributed by atoms with van der Waals surface area (Å²) >= 11 is 1.48. The van der Waals surface area contributed by atoms with Crippen LogP contribution in [-0.4, -0.2) is 28.7 Å². The van der Waals surface area contributed by atoms with Crippen LogP contribution in [0.4, 0.5) is 5.69 Å². The van der Waals surface area contributed by atoms with Gasteiger partial charge in [0.1, 0.15) is 6.54 Å². The Morgan fingerprint density at radius 2 is 1.79 bits per heavy atom. The maximum absolute atomic E-state index is 12.8. The highest BCUT2D eigenvalue weighted by atomic mass is 32.2. The number of aryl methyl sites for hydroxylation is 1. The predicted octanol–water partition coefficient (Wildman–Crippen LogP) is 3.54. The lowest BCUT2D eigenvalue weighted by atomic mass is 10.1. The number of nitrogens with zero attached hydrogens (tertiary/aromatic N) is 2. The third kappa shape index (κ3) is 3.68. The van der Waals surface area contributed by atoms with Crippen LogP contribution in [0.5, 0.6) is 0 Å². The van der Waals surface area contributed by atoms with E-state index in [1.807, 2.05) is 73.8 Å². The van der Waals surface area contributed by atoms with Gasteiger partial charge in [-0.2, -0.15) is 0 Å². The highest BCUT2D eigenvalue weighted by Gasteiger charge is 2.25. The van der Waals surface area contributed by atoms with Gasteiger partial charge in [-0.3, -0.25) is 9.59 Å². The first kappa shape index (κ1) is 18.4. The summed E-state index contributed by atoms with van der Waals surface area (Å²) in [7, 11) is 0. The van der Waals surface area contributed by atoms with Gasteiger partial charge in [-0.05, 0) is 42.3 Å². The maximum Gasteiger partial charge on any atom is 0.240 e. The minimum absolute atomic E-state index is 0.00110. The van der Waals surface area contributed by atoms with E-state index in [9.17, 15) is 9.59 Å². The molecule has 142 valence electrons. The fraction of sp³-hybridized carbons (Fsp3) is 0.182. The number of aromatic nitrogens is 1. The standard InChI is InChI=1S/C22H21N3O2S/c1-16-7-2-3-8-17(16)13-23-20(26)14-25-19-10-5-4-9-18(19)24-12-6-11-22(24)28-15-21(25)27/h2-12H,13-15H2,1H3,(H,23,26). The SMILES string of the molecule is Cc1ccccc1CNC(=O)CN1C(=O)CSc2cccn2-c2ccccc21. The molecule has 0 atom stereocenters. The van der Waals surface area contributed by atoms with E-state index in [1.165, 1.54) is 11.8 Å². The lowest BCUT2D eigenvalue weighted by Gasteiger charge is -2.27. The molecule has 0 radical (unpaired) electrons. The number of nitrogens with one attached hydrogen (secondary N) is 1. The first-order chi connectivity index (χ1) is 13.6. The largest absolute Gasteiger partial charge is 0.350 e. The summed E-state index contributed by atoms with van der Waals surface area (Å²) in [5.74, 6) is 0.0457. The molecule has 1 aliphatic heterocycles. The van der Waals surface area contributed by atoms with Crippen LogP contribution < -0.4 is 10.2 Å². The van der Waals surface area contributed by atoms with Crippen molar-refractivity contribution in [2.75, 3.05) is 17.2 Å². The lowest BCUT2D eigenvalue weighted by molar-refractivity contribution is -0.123. The van der Waals surface area contributed by atoms with Crippen LogP contribution in [0.25, 0.3) is 5.69 Å². The van der Waals surface area contributed by atoms with Gasteiger partial charge in [0, 0.05) is 12.7 Å². The number of amides is 2. The number of para-hydroxylation sites is 2. The van der Waals surface area contributed by atoms with Crippen LogP contribution >= 0.6 is 11.8 Å². The summed E-state index contributed by atoms with van der Waals surface area (Å²) in [5.41, 5.74) is 3.85. The molecule has 0 saturated heterocycles. The van der Waals surface area contributed by atoms with Gasteiger partial charge in [-0.15, -0.1) is 0 Å². The molecule has 2 aromatic carbocycles. The highest BCUT2D eigenvalue weighted by Crippen LogP contribution is 2.32. The zero-order valence-corrected chi connectivity index (χ0v) is 16.4. The molecule has 1 N–H and O–H groups in total. The van der Waals surface area contributed by atoms with Gasteiger partial charge in [0.25, 0.3) is 0 Å². The van der Waals surface area contributed by atoms with Crippen LogP contribution in [0.3, 0.4) is 0 Å². The molecule has 0 bridgehead atoms. The monoisotopic (exact) mass is 391 g/mol. The highest BCUT2D eigenvalue weighted by molar-refractivity contribution is 7.99. The van der Waals surface area contributed by atoms with Gasteiger partial charge >= 0.3 is 0 Å². The number of thioether (sulfide) groups is 1. The zero-order chi connectivity index (χ0) is 19.5. The van der Waals surface area contributed by atoms with Crippen molar-refractivity contribution in [2.45, 2.75) is 18.5 Å².